The molecule has 0 aliphatic rings. The van der Waals surface area contributed by atoms with Crippen LogP contribution in [-0.4, -0.2) is 30.2 Å². The lowest BCUT2D eigenvalue weighted by atomic mass is 10.2. The average Bonchev–Trinajstić information content (AvgIpc) is 2.42. The van der Waals surface area contributed by atoms with E-state index in [4.69, 9.17) is 4.74 Å². The van der Waals surface area contributed by atoms with Crippen LogP contribution in [0.5, 0.6) is 0 Å². The molecule has 0 radical (unpaired) electrons. The molecule has 0 heterocycles. The first-order valence-corrected chi connectivity index (χ1v) is 6.31. The van der Waals surface area contributed by atoms with Gasteiger partial charge in [-0.2, -0.15) is 0 Å². The monoisotopic (exact) mass is 296 g/mol. The molecule has 1 rings (SSSR count). The minimum atomic E-state index is -0.865. The van der Waals surface area contributed by atoms with Crippen LogP contribution in [0.2, 0.25) is 0 Å². The van der Waals surface area contributed by atoms with Gasteiger partial charge in [-0.3, -0.25) is 4.79 Å². The maximum Gasteiger partial charge on any atom is 0.340 e. The number of hydrogen-bond donors (Lipinski definition) is 1. The average molecular weight is 296 g/mol. The number of nitrogens with one attached hydrogen (secondary N) is 1. The summed E-state index contributed by atoms with van der Waals surface area (Å²) in [4.78, 5) is 37.0. The van der Waals surface area contributed by atoms with Gasteiger partial charge in [0.05, 0.1) is 24.5 Å². The molecule has 1 aromatic rings. The number of carbonyl (C=O) groups is 2. The highest BCUT2D eigenvalue weighted by Gasteiger charge is 2.12. The SMILES string of the molecule is CC(=O)Nc1ccccc1C(=O)OCCCCO[N+](=O)[O-]. The zero-order valence-electron chi connectivity index (χ0n) is 11.5. The van der Waals surface area contributed by atoms with Gasteiger partial charge in [-0.15, -0.1) is 10.1 Å². The smallest absolute Gasteiger partial charge is 0.340 e. The lowest BCUT2D eigenvalue weighted by Gasteiger charge is -2.09. The molecular formula is C13H16N2O6. The van der Waals surface area contributed by atoms with Crippen molar-refractivity contribution >= 4 is 17.6 Å². The molecule has 1 amide bonds. The van der Waals surface area contributed by atoms with Gasteiger partial charge in [0.15, 0.2) is 0 Å². The lowest BCUT2D eigenvalue weighted by molar-refractivity contribution is -0.757. The Bertz CT molecular complexity index is 517. The van der Waals surface area contributed by atoms with Crippen molar-refractivity contribution in [2.24, 2.45) is 0 Å². The van der Waals surface area contributed by atoms with Gasteiger partial charge in [-0.25, -0.2) is 4.79 Å². The van der Waals surface area contributed by atoms with Crippen LogP contribution in [-0.2, 0) is 14.4 Å². The highest BCUT2D eigenvalue weighted by molar-refractivity contribution is 6.00. The number of unbranched alkanes of at least 4 members (excludes halogenated alkanes) is 1. The number of carbonyl (C=O) groups excluding carboxylic acids is 2. The summed E-state index contributed by atoms with van der Waals surface area (Å²) in [5.74, 6) is -0.846. The molecule has 0 aromatic heterocycles. The molecule has 0 bridgehead atoms. The molecule has 21 heavy (non-hydrogen) atoms. The molecule has 0 aliphatic heterocycles. The number of benzene rings is 1. The van der Waals surface area contributed by atoms with E-state index < -0.39 is 11.1 Å². The number of ether oxygens (including phenoxy) is 1. The van der Waals surface area contributed by atoms with Gasteiger partial charge in [0.1, 0.15) is 0 Å². The third kappa shape index (κ3) is 6.37. The summed E-state index contributed by atoms with van der Waals surface area (Å²) in [6.45, 7) is 1.43. The molecule has 0 atom stereocenters. The molecule has 0 unspecified atom stereocenters. The third-order valence-electron chi connectivity index (χ3n) is 2.43. The Morgan fingerprint density at radius 3 is 2.57 bits per heavy atom. The first-order chi connectivity index (χ1) is 10.0. The summed E-state index contributed by atoms with van der Waals surface area (Å²) >= 11 is 0. The van der Waals surface area contributed by atoms with Crippen LogP contribution in [0.4, 0.5) is 5.69 Å². The van der Waals surface area contributed by atoms with Crippen molar-refractivity contribution in [3.63, 3.8) is 0 Å². The fraction of sp³-hybridized carbons (Fsp3) is 0.385. The van der Waals surface area contributed by atoms with Gasteiger partial charge in [0.25, 0.3) is 5.09 Å². The van der Waals surface area contributed by atoms with Gasteiger partial charge in [0, 0.05) is 6.92 Å². The van der Waals surface area contributed by atoms with E-state index in [9.17, 15) is 19.7 Å². The van der Waals surface area contributed by atoms with E-state index >= 15 is 0 Å². The first kappa shape index (κ1) is 16.4. The first-order valence-electron chi connectivity index (χ1n) is 6.31. The van der Waals surface area contributed by atoms with Crippen LogP contribution in [0.25, 0.3) is 0 Å². The Balaban J connectivity index is 2.41. The molecule has 1 aromatic carbocycles. The maximum atomic E-state index is 11.9. The fourth-order valence-electron chi connectivity index (χ4n) is 1.55. The van der Waals surface area contributed by atoms with E-state index in [1.165, 1.54) is 6.92 Å². The van der Waals surface area contributed by atoms with Crippen molar-refractivity contribution in [1.82, 2.24) is 0 Å². The van der Waals surface area contributed by atoms with Crippen molar-refractivity contribution in [2.75, 3.05) is 18.5 Å². The molecule has 114 valence electrons. The zero-order chi connectivity index (χ0) is 15.7. The molecule has 8 nitrogen and oxygen atoms in total. The predicted molar refractivity (Wildman–Crippen MR) is 73.2 cm³/mol. The van der Waals surface area contributed by atoms with Crippen molar-refractivity contribution < 1.29 is 24.3 Å². The second-order valence-corrected chi connectivity index (χ2v) is 4.13. The highest BCUT2D eigenvalue weighted by Crippen LogP contribution is 2.16. The Kier molecular flexibility index (Phi) is 6.66. The third-order valence-corrected chi connectivity index (χ3v) is 2.43. The van der Waals surface area contributed by atoms with Crippen molar-refractivity contribution in [1.29, 1.82) is 0 Å². The van der Waals surface area contributed by atoms with Gasteiger partial charge >= 0.3 is 5.97 Å². The molecular weight excluding hydrogens is 280 g/mol. The van der Waals surface area contributed by atoms with E-state index in [-0.39, 0.29) is 24.7 Å². The number of para-hydroxylation sites is 1. The maximum absolute atomic E-state index is 11.9. The number of nitrogens with zero attached hydrogens (tertiary/aromatic N) is 1. The highest BCUT2D eigenvalue weighted by atomic mass is 16.9. The molecule has 0 saturated carbocycles. The normalized spacial score (nSPS) is 9.76. The summed E-state index contributed by atoms with van der Waals surface area (Å²) in [7, 11) is 0. The molecule has 0 saturated heterocycles. The predicted octanol–water partition coefficient (Wildman–Crippen LogP) is 1.79. The second kappa shape index (κ2) is 8.51. The van der Waals surface area contributed by atoms with Gasteiger partial charge in [-0.1, -0.05) is 12.1 Å². The quantitative estimate of drug-likeness (QED) is 0.339. The Labute approximate surface area is 121 Å². The van der Waals surface area contributed by atoms with Crippen LogP contribution in [0, 0.1) is 10.1 Å². The zero-order valence-corrected chi connectivity index (χ0v) is 11.5. The van der Waals surface area contributed by atoms with E-state index in [0.29, 0.717) is 18.5 Å². The minimum Gasteiger partial charge on any atom is -0.462 e. The van der Waals surface area contributed by atoms with Crippen LogP contribution in [0.3, 0.4) is 0 Å². The van der Waals surface area contributed by atoms with Gasteiger partial charge in [-0.05, 0) is 25.0 Å². The van der Waals surface area contributed by atoms with Crippen molar-refractivity contribution in [3.05, 3.63) is 39.9 Å². The summed E-state index contributed by atoms with van der Waals surface area (Å²) in [5.41, 5.74) is 0.640. The summed E-state index contributed by atoms with van der Waals surface area (Å²) < 4.78 is 5.04. The Hall–Kier alpha value is -2.64. The minimum absolute atomic E-state index is 0.0347. The number of hydrogen-bond acceptors (Lipinski definition) is 6. The van der Waals surface area contributed by atoms with Gasteiger partial charge < -0.3 is 14.9 Å². The number of rotatable bonds is 8. The molecule has 0 fully saturated rings. The van der Waals surface area contributed by atoms with E-state index in [0.717, 1.165) is 0 Å². The van der Waals surface area contributed by atoms with Crippen molar-refractivity contribution in [2.45, 2.75) is 19.8 Å². The van der Waals surface area contributed by atoms with E-state index in [2.05, 4.69) is 10.2 Å². The number of amides is 1. The topological polar surface area (TPSA) is 108 Å². The summed E-state index contributed by atoms with van der Waals surface area (Å²) in [5, 5.41) is 11.6. The van der Waals surface area contributed by atoms with Crippen LogP contribution >= 0.6 is 0 Å². The number of anilines is 1. The summed E-state index contributed by atoms with van der Waals surface area (Å²) in [6.07, 6.45) is 0.851. The van der Waals surface area contributed by atoms with Crippen LogP contribution in [0.15, 0.2) is 24.3 Å². The van der Waals surface area contributed by atoms with E-state index in [1.807, 2.05) is 0 Å². The Morgan fingerprint density at radius 2 is 1.90 bits per heavy atom. The fourth-order valence-corrected chi connectivity index (χ4v) is 1.55. The molecule has 0 aliphatic carbocycles. The number of esters is 1. The van der Waals surface area contributed by atoms with Crippen LogP contribution in [0.1, 0.15) is 30.1 Å². The lowest BCUT2D eigenvalue weighted by Crippen LogP contribution is -2.13. The molecule has 8 heteroatoms. The van der Waals surface area contributed by atoms with Gasteiger partial charge in [0.2, 0.25) is 5.91 Å². The second-order valence-electron chi connectivity index (χ2n) is 4.13. The summed E-state index contributed by atoms with van der Waals surface area (Å²) in [6, 6.07) is 6.50. The van der Waals surface area contributed by atoms with E-state index in [1.54, 1.807) is 24.3 Å². The standard InChI is InChI=1S/C13H16N2O6/c1-10(16)14-12-7-3-2-6-11(12)13(17)20-8-4-5-9-21-15(18)19/h2-3,6-7H,4-5,8-9H2,1H3,(H,14,16). The molecule has 0 spiro atoms. The Morgan fingerprint density at radius 1 is 1.24 bits per heavy atom. The van der Waals surface area contributed by atoms with Crippen molar-refractivity contribution in [3.8, 4) is 0 Å². The largest absolute Gasteiger partial charge is 0.462 e. The molecule has 1 N–H and O–H groups in total. The van der Waals surface area contributed by atoms with Crippen LogP contribution < -0.4 is 5.32 Å².